The lowest BCUT2D eigenvalue weighted by molar-refractivity contribution is -0.758. The van der Waals surface area contributed by atoms with Crippen molar-refractivity contribution in [2.45, 2.75) is 25.3 Å². The van der Waals surface area contributed by atoms with Crippen molar-refractivity contribution in [3.63, 3.8) is 0 Å². The molecule has 2 aromatic rings. The van der Waals surface area contributed by atoms with Gasteiger partial charge in [0.2, 0.25) is 0 Å². The second-order valence-electron chi connectivity index (χ2n) is 5.45. The lowest BCUT2D eigenvalue weighted by Gasteiger charge is -2.31. The van der Waals surface area contributed by atoms with Crippen LogP contribution in [-0.4, -0.2) is 30.3 Å². The zero-order chi connectivity index (χ0) is 20.1. The van der Waals surface area contributed by atoms with Gasteiger partial charge in [-0.15, -0.1) is 0 Å². The van der Waals surface area contributed by atoms with Crippen molar-refractivity contribution in [3.8, 4) is 0 Å². The number of rotatable bonds is 7. The third-order valence-corrected chi connectivity index (χ3v) is 3.99. The number of quaternary nitrogens is 1. The summed E-state index contributed by atoms with van der Waals surface area (Å²) in [5.74, 6) is -2.63. The van der Waals surface area contributed by atoms with Crippen LogP contribution in [0, 0.1) is 0 Å². The number of hydrogen-bond donors (Lipinski definition) is 2. The molecule has 0 saturated heterocycles. The summed E-state index contributed by atoms with van der Waals surface area (Å²) < 4.78 is 51.4. The standard InChI is InChI=1S/C17H16ClF3N2O4/c1-2-26-15(25)16(17(19,20)21,22-10-11-6-5-9-27-11)23-14(24)12-7-3-4-8-13(12)18/h3-9,22H,2,10H2,1H3,(H,23,24)/p+1/t16-/m1/s1. The smallest absolute Gasteiger partial charge is 0.463 e. The maximum Gasteiger partial charge on any atom is 0.478 e. The zero-order valence-electron chi connectivity index (χ0n) is 14.2. The van der Waals surface area contributed by atoms with Gasteiger partial charge < -0.3 is 14.5 Å². The molecule has 0 spiro atoms. The molecule has 1 aromatic heterocycles. The Labute approximate surface area is 157 Å². The van der Waals surface area contributed by atoms with Gasteiger partial charge in [0.25, 0.3) is 5.91 Å². The molecule has 1 atom stereocenters. The van der Waals surface area contributed by atoms with E-state index in [1.165, 1.54) is 49.6 Å². The Kier molecular flexibility index (Phi) is 6.50. The first kappa shape index (κ1) is 20.8. The minimum absolute atomic E-state index is 0.0547. The first-order valence-corrected chi connectivity index (χ1v) is 8.27. The van der Waals surface area contributed by atoms with Crippen molar-refractivity contribution < 1.29 is 37.2 Å². The Morgan fingerprint density at radius 1 is 1.22 bits per heavy atom. The molecule has 1 aromatic carbocycles. The second-order valence-corrected chi connectivity index (χ2v) is 5.86. The number of amides is 1. The molecule has 0 aliphatic carbocycles. The van der Waals surface area contributed by atoms with E-state index in [0.29, 0.717) is 5.32 Å². The largest absolute Gasteiger partial charge is 0.478 e. The fourth-order valence-corrected chi connectivity index (χ4v) is 2.53. The number of hydrogen-bond acceptors (Lipinski definition) is 4. The molecular weight excluding hydrogens is 389 g/mol. The van der Waals surface area contributed by atoms with Crippen molar-refractivity contribution in [1.29, 1.82) is 0 Å². The Morgan fingerprint density at radius 2 is 1.93 bits per heavy atom. The van der Waals surface area contributed by atoms with Gasteiger partial charge >= 0.3 is 17.8 Å². The van der Waals surface area contributed by atoms with Crippen LogP contribution in [0.15, 0.2) is 47.1 Å². The molecular formula is C17H17ClF3N2O4+. The highest BCUT2D eigenvalue weighted by Crippen LogP contribution is 2.28. The van der Waals surface area contributed by atoms with Crippen LogP contribution in [0.25, 0.3) is 0 Å². The average Bonchev–Trinajstić information content (AvgIpc) is 3.11. The van der Waals surface area contributed by atoms with Crippen LogP contribution >= 0.6 is 11.6 Å². The number of alkyl halides is 3. The molecule has 0 fully saturated rings. The fraction of sp³-hybridized carbons (Fsp3) is 0.294. The normalized spacial score (nSPS) is 13.7. The first-order valence-electron chi connectivity index (χ1n) is 7.89. The van der Waals surface area contributed by atoms with Gasteiger partial charge in [-0.25, -0.2) is 4.79 Å². The van der Waals surface area contributed by atoms with E-state index in [1.807, 2.05) is 0 Å². The molecule has 0 radical (unpaired) electrons. The third-order valence-electron chi connectivity index (χ3n) is 3.66. The summed E-state index contributed by atoms with van der Waals surface area (Å²) in [5.41, 5.74) is -3.57. The quantitative estimate of drug-likeness (QED) is 0.546. The summed E-state index contributed by atoms with van der Waals surface area (Å²) in [6.45, 7) is 0.697. The molecule has 0 aliphatic rings. The van der Waals surface area contributed by atoms with Gasteiger partial charge in [-0.3, -0.25) is 10.1 Å². The summed E-state index contributed by atoms with van der Waals surface area (Å²) in [5, 5.41) is 2.31. The van der Waals surface area contributed by atoms with E-state index in [9.17, 15) is 22.8 Å². The average molecular weight is 406 g/mol. The highest BCUT2D eigenvalue weighted by molar-refractivity contribution is 6.33. The Bertz CT molecular complexity index is 796. The number of carbonyl (C=O) groups excluding carboxylic acids is 2. The molecule has 6 nitrogen and oxygen atoms in total. The third kappa shape index (κ3) is 4.61. The molecule has 0 saturated carbocycles. The molecule has 10 heteroatoms. The maximum atomic E-state index is 13.9. The number of nitrogens with one attached hydrogen (secondary N) is 1. The summed E-state index contributed by atoms with van der Waals surface area (Å²) in [7, 11) is 0. The van der Waals surface area contributed by atoms with E-state index in [1.54, 1.807) is 5.32 Å². The van der Waals surface area contributed by atoms with E-state index in [0.717, 1.165) is 0 Å². The first-order chi connectivity index (χ1) is 12.7. The number of ether oxygens (including phenoxy) is 1. The number of furan rings is 1. The lowest BCUT2D eigenvalue weighted by Crippen LogP contribution is -3.06. The Hall–Kier alpha value is -2.52. The summed E-state index contributed by atoms with van der Waals surface area (Å²) in [4.78, 5) is 24.7. The van der Waals surface area contributed by atoms with Crippen LogP contribution in [-0.2, 0) is 16.1 Å². The van der Waals surface area contributed by atoms with Crippen molar-refractivity contribution in [3.05, 3.63) is 59.0 Å². The van der Waals surface area contributed by atoms with E-state index < -0.39 is 23.7 Å². The monoisotopic (exact) mass is 405 g/mol. The van der Waals surface area contributed by atoms with Crippen molar-refractivity contribution in [2.24, 2.45) is 0 Å². The van der Waals surface area contributed by atoms with Gasteiger partial charge in [0, 0.05) is 0 Å². The molecule has 146 valence electrons. The van der Waals surface area contributed by atoms with Crippen LogP contribution < -0.4 is 10.6 Å². The van der Waals surface area contributed by atoms with Crippen LogP contribution in [0.2, 0.25) is 5.02 Å². The van der Waals surface area contributed by atoms with Gasteiger partial charge in [0.05, 0.1) is 23.5 Å². The summed E-state index contributed by atoms with van der Waals surface area (Å²) in [6, 6.07) is 8.49. The summed E-state index contributed by atoms with van der Waals surface area (Å²) in [6.07, 6.45) is -3.88. The number of carbonyl (C=O) groups is 2. The van der Waals surface area contributed by atoms with Crippen LogP contribution in [0.1, 0.15) is 23.0 Å². The Balaban J connectivity index is 2.41. The van der Waals surface area contributed by atoms with Gasteiger partial charge in [-0.05, 0) is 31.2 Å². The highest BCUT2D eigenvalue weighted by Gasteiger charge is 2.67. The molecule has 0 unspecified atom stereocenters. The molecule has 3 N–H and O–H groups in total. The molecule has 27 heavy (non-hydrogen) atoms. The highest BCUT2D eigenvalue weighted by atomic mass is 35.5. The van der Waals surface area contributed by atoms with E-state index in [-0.39, 0.29) is 29.5 Å². The molecule has 2 rings (SSSR count). The molecule has 0 bridgehead atoms. The fourth-order valence-electron chi connectivity index (χ4n) is 2.31. The van der Waals surface area contributed by atoms with E-state index in [4.69, 9.17) is 16.0 Å². The van der Waals surface area contributed by atoms with Gasteiger partial charge in [-0.1, -0.05) is 23.7 Å². The number of esters is 1. The minimum atomic E-state index is -5.16. The minimum Gasteiger partial charge on any atom is -0.463 e. The SMILES string of the molecule is CCOC(=O)[C@](NC(=O)c1ccccc1Cl)([NH2+]Cc1ccco1)C(F)(F)F. The van der Waals surface area contributed by atoms with Gasteiger partial charge in [-0.2, -0.15) is 13.2 Å². The van der Waals surface area contributed by atoms with Crippen molar-refractivity contribution in [2.75, 3.05) is 6.61 Å². The topological polar surface area (TPSA) is 85.1 Å². The second kappa shape index (κ2) is 8.45. The number of halogens is 4. The van der Waals surface area contributed by atoms with Crippen molar-refractivity contribution in [1.82, 2.24) is 5.32 Å². The van der Waals surface area contributed by atoms with Gasteiger partial charge in [0.1, 0.15) is 6.54 Å². The maximum absolute atomic E-state index is 13.9. The number of benzene rings is 1. The predicted molar refractivity (Wildman–Crippen MR) is 88.7 cm³/mol. The molecule has 0 aliphatic heterocycles. The lowest BCUT2D eigenvalue weighted by atomic mass is 10.1. The van der Waals surface area contributed by atoms with Gasteiger partial charge in [0.15, 0.2) is 5.76 Å². The van der Waals surface area contributed by atoms with Crippen LogP contribution in [0.3, 0.4) is 0 Å². The van der Waals surface area contributed by atoms with Crippen LogP contribution in [0.4, 0.5) is 13.2 Å². The molecule has 1 amide bonds. The molecule has 1 heterocycles. The van der Waals surface area contributed by atoms with Crippen LogP contribution in [0.5, 0.6) is 0 Å². The number of nitrogens with two attached hydrogens (primary N) is 1. The van der Waals surface area contributed by atoms with E-state index in [2.05, 4.69) is 4.74 Å². The predicted octanol–water partition coefficient (Wildman–Crippen LogP) is 2.25. The summed E-state index contributed by atoms with van der Waals surface area (Å²) >= 11 is 5.88. The zero-order valence-corrected chi connectivity index (χ0v) is 14.9. The Morgan fingerprint density at radius 3 is 2.48 bits per heavy atom. The van der Waals surface area contributed by atoms with E-state index >= 15 is 0 Å². The van der Waals surface area contributed by atoms with Crippen molar-refractivity contribution >= 4 is 23.5 Å².